The zero-order chi connectivity index (χ0) is 38.6. The summed E-state index contributed by atoms with van der Waals surface area (Å²) in [5.74, 6) is 1.54. The molecule has 0 aliphatic heterocycles. The maximum absolute atomic E-state index is 5.66. The van der Waals surface area contributed by atoms with Crippen LogP contribution in [0.1, 0.15) is 0 Å². The van der Waals surface area contributed by atoms with Crippen molar-refractivity contribution in [1.29, 1.82) is 0 Å². The molecule has 5 nitrogen and oxygen atoms in total. The van der Waals surface area contributed by atoms with E-state index in [1.807, 2.05) is 0 Å². The first-order valence-corrected chi connectivity index (χ1v) is 20.1. The smallest absolute Gasteiger partial charge is 0.162 e. The van der Waals surface area contributed by atoms with Gasteiger partial charge in [-0.05, 0) is 66.0 Å². The lowest BCUT2D eigenvalue weighted by Crippen LogP contribution is -2.03. The number of hydrogen-bond donors (Lipinski definition) is 0. The van der Waals surface area contributed by atoms with E-state index in [1.165, 1.54) is 49.0 Å². The van der Waals surface area contributed by atoms with Gasteiger partial charge in [-0.3, -0.25) is 4.57 Å². The summed E-state index contributed by atoms with van der Waals surface area (Å²) in [5.41, 5.74) is 11.0. The molecule has 0 fully saturated rings. The van der Waals surface area contributed by atoms with Gasteiger partial charge in [0.05, 0.1) is 44.3 Å². The Hall–Kier alpha value is -8.02. The minimum absolute atomic E-state index is 0.689. The summed E-state index contributed by atoms with van der Waals surface area (Å²) < 4.78 is 7.22. The molecule has 4 heterocycles. The average Bonchev–Trinajstić information content (AvgIpc) is 3.94. The predicted octanol–water partition coefficient (Wildman–Crippen LogP) is 13.7. The van der Waals surface area contributed by atoms with Crippen LogP contribution in [0.15, 0.2) is 200 Å². The zero-order valence-corrected chi connectivity index (χ0v) is 31.8. The van der Waals surface area contributed by atoms with E-state index in [1.54, 1.807) is 0 Å². The fourth-order valence-electron chi connectivity index (χ4n) is 9.80. The van der Waals surface area contributed by atoms with E-state index in [0.29, 0.717) is 5.82 Å². The molecule has 13 aromatic rings. The molecule has 0 amide bonds. The molecule has 59 heavy (non-hydrogen) atoms. The highest BCUT2D eigenvalue weighted by Gasteiger charge is 2.25. The number of hydrogen-bond acceptors (Lipinski definition) is 2. The Morgan fingerprint density at radius 3 is 1.56 bits per heavy atom. The van der Waals surface area contributed by atoms with Crippen LogP contribution in [0.5, 0.6) is 0 Å². The third-order valence-electron chi connectivity index (χ3n) is 12.2. The lowest BCUT2D eigenvalue weighted by molar-refractivity contribution is 1.08. The van der Waals surface area contributed by atoms with Crippen LogP contribution in [0.25, 0.3) is 116 Å². The van der Waals surface area contributed by atoms with Crippen molar-refractivity contribution in [3.8, 4) is 28.6 Å². The third-order valence-corrected chi connectivity index (χ3v) is 12.2. The number of benzene rings is 9. The van der Waals surface area contributed by atoms with Gasteiger partial charge in [-0.15, -0.1) is 0 Å². The van der Waals surface area contributed by atoms with Gasteiger partial charge in [0.15, 0.2) is 5.82 Å². The number of rotatable bonds is 4. The van der Waals surface area contributed by atoms with Crippen LogP contribution in [0.3, 0.4) is 0 Å². The molecular formula is C54H33N5. The van der Waals surface area contributed by atoms with E-state index < -0.39 is 0 Å². The monoisotopic (exact) mass is 751 g/mol. The molecule has 9 aromatic carbocycles. The first-order chi connectivity index (χ1) is 29.3. The number of aromatic nitrogens is 5. The second-order valence-corrected chi connectivity index (χ2v) is 15.3. The summed E-state index contributed by atoms with van der Waals surface area (Å²) in [6.07, 6.45) is 0. The van der Waals surface area contributed by atoms with E-state index in [4.69, 9.17) is 9.97 Å². The molecule has 0 saturated heterocycles. The van der Waals surface area contributed by atoms with Crippen molar-refractivity contribution in [2.75, 3.05) is 0 Å². The van der Waals surface area contributed by atoms with Gasteiger partial charge in [0.1, 0.15) is 5.82 Å². The lowest BCUT2D eigenvalue weighted by atomic mass is 10.0. The Labute approximate surface area is 338 Å². The van der Waals surface area contributed by atoms with Gasteiger partial charge in [-0.25, -0.2) is 9.97 Å². The summed E-state index contributed by atoms with van der Waals surface area (Å²) in [5, 5.41) is 10.5. The minimum atomic E-state index is 0.689. The molecule has 0 N–H and O–H groups in total. The molecule has 0 spiro atoms. The van der Waals surface area contributed by atoms with Crippen LogP contribution in [-0.4, -0.2) is 23.7 Å². The Kier molecular flexibility index (Phi) is 6.66. The molecule has 0 aliphatic rings. The molecule has 274 valence electrons. The summed E-state index contributed by atoms with van der Waals surface area (Å²) in [7, 11) is 0. The highest BCUT2D eigenvalue weighted by Crippen LogP contribution is 2.45. The van der Waals surface area contributed by atoms with Crippen LogP contribution in [0.2, 0.25) is 0 Å². The van der Waals surface area contributed by atoms with Crippen LogP contribution in [-0.2, 0) is 0 Å². The van der Waals surface area contributed by atoms with Gasteiger partial charge in [0.2, 0.25) is 0 Å². The van der Waals surface area contributed by atoms with E-state index >= 15 is 0 Å². The van der Waals surface area contributed by atoms with Gasteiger partial charge >= 0.3 is 0 Å². The number of para-hydroxylation sites is 6. The predicted molar refractivity (Wildman–Crippen MR) is 245 cm³/mol. The minimum Gasteiger partial charge on any atom is -0.309 e. The Morgan fingerprint density at radius 1 is 0.322 bits per heavy atom. The Balaban J connectivity index is 1.17. The van der Waals surface area contributed by atoms with Gasteiger partial charge in [0, 0.05) is 54.3 Å². The summed E-state index contributed by atoms with van der Waals surface area (Å²) in [6, 6.07) is 71.8. The molecule has 13 rings (SSSR count). The summed E-state index contributed by atoms with van der Waals surface area (Å²) in [4.78, 5) is 11.0. The van der Waals surface area contributed by atoms with E-state index in [-0.39, 0.29) is 0 Å². The third kappa shape index (κ3) is 4.50. The largest absolute Gasteiger partial charge is 0.309 e. The first-order valence-electron chi connectivity index (χ1n) is 20.1. The van der Waals surface area contributed by atoms with Crippen molar-refractivity contribution >= 4 is 87.1 Å². The molecule has 0 unspecified atom stereocenters. The molecule has 4 aromatic heterocycles. The summed E-state index contributed by atoms with van der Waals surface area (Å²) in [6.45, 7) is 0. The molecule has 0 atom stereocenters. The molecule has 0 radical (unpaired) electrons. The highest BCUT2D eigenvalue weighted by molar-refractivity contribution is 6.22. The number of nitrogens with zero attached hydrogens (tertiary/aromatic N) is 5. The molecule has 0 bridgehead atoms. The Bertz CT molecular complexity index is 3800. The normalized spacial score (nSPS) is 12.1. The highest BCUT2D eigenvalue weighted by atomic mass is 15.1. The maximum Gasteiger partial charge on any atom is 0.162 e. The average molecular weight is 752 g/mol. The second kappa shape index (κ2) is 12.2. The van der Waals surface area contributed by atoms with E-state index in [0.717, 1.165) is 60.8 Å². The van der Waals surface area contributed by atoms with Crippen molar-refractivity contribution in [3.63, 3.8) is 0 Å². The van der Waals surface area contributed by atoms with Crippen molar-refractivity contribution in [2.24, 2.45) is 0 Å². The Morgan fingerprint density at radius 2 is 0.847 bits per heavy atom. The lowest BCUT2D eigenvalue weighted by Gasteiger charge is -2.16. The fraction of sp³-hybridized carbons (Fsp3) is 0. The van der Waals surface area contributed by atoms with Crippen LogP contribution in [0.4, 0.5) is 0 Å². The number of fused-ring (bicyclic) bond motifs is 11. The van der Waals surface area contributed by atoms with Crippen molar-refractivity contribution in [3.05, 3.63) is 200 Å². The fourth-order valence-corrected chi connectivity index (χ4v) is 9.80. The van der Waals surface area contributed by atoms with Crippen molar-refractivity contribution < 1.29 is 0 Å². The SMILES string of the molecule is c1ccc(-n2c3ccccc3c3c(-c4nc(-n5c6ccccc6c6c(-n7c8ccccc8c8ccccc87)c7ccccc7cc65)c5ccccc5n4)cccc32)cc1. The summed E-state index contributed by atoms with van der Waals surface area (Å²) >= 11 is 0. The van der Waals surface area contributed by atoms with Crippen LogP contribution >= 0.6 is 0 Å². The van der Waals surface area contributed by atoms with Gasteiger partial charge in [-0.1, -0.05) is 140 Å². The van der Waals surface area contributed by atoms with Gasteiger partial charge in [0.25, 0.3) is 0 Å². The molecule has 5 heteroatoms. The topological polar surface area (TPSA) is 40.6 Å². The van der Waals surface area contributed by atoms with Gasteiger partial charge in [-0.2, -0.15) is 0 Å². The quantitative estimate of drug-likeness (QED) is 0.180. The standard InChI is InChI=1S/C54H33N5/c1-2-18-35(19-3-1)57-46-30-14-9-24-40(46)50-42(26-16-32-48(50)57)53-55-43-27-11-6-23-39(43)54(56-53)59-47-31-15-10-25-41(47)51-49(59)33-34-17-4-5-20-36(34)52(51)58-44-28-12-7-21-37(44)38-22-8-13-29-45(38)58/h1-33H. The molecular weight excluding hydrogens is 719 g/mol. The first kappa shape index (κ1) is 32.1. The van der Waals surface area contributed by atoms with Crippen LogP contribution < -0.4 is 0 Å². The van der Waals surface area contributed by atoms with Crippen LogP contribution in [0, 0.1) is 0 Å². The van der Waals surface area contributed by atoms with Crippen molar-refractivity contribution in [1.82, 2.24) is 23.7 Å². The van der Waals surface area contributed by atoms with Crippen molar-refractivity contribution in [2.45, 2.75) is 0 Å². The second-order valence-electron chi connectivity index (χ2n) is 15.3. The molecule has 0 saturated carbocycles. The van der Waals surface area contributed by atoms with E-state index in [2.05, 4.69) is 214 Å². The van der Waals surface area contributed by atoms with Gasteiger partial charge < -0.3 is 9.13 Å². The van der Waals surface area contributed by atoms with E-state index in [9.17, 15) is 0 Å². The molecule has 0 aliphatic carbocycles. The zero-order valence-electron chi connectivity index (χ0n) is 31.8. The maximum atomic E-state index is 5.66.